The number of hydrogen-bond donors (Lipinski definition) is 3. The van der Waals surface area contributed by atoms with Crippen LogP contribution in [0.1, 0.15) is 26.2 Å². The molecule has 9 heteroatoms. The topological polar surface area (TPSA) is 139 Å². The predicted octanol–water partition coefficient (Wildman–Crippen LogP) is -0.362. The van der Waals surface area contributed by atoms with E-state index in [0.29, 0.717) is 13.1 Å². The minimum absolute atomic E-state index is 0.0815. The van der Waals surface area contributed by atoms with Crippen LogP contribution in [0.2, 0.25) is 0 Å². The van der Waals surface area contributed by atoms with E-state index in [-0.39, 0.29) is 32.5 Å². The molecule has 0 rings (SSSR count). The van der Waals surface area contributed by atoms with E-state index in [9.17, 15) is 19.2 Å². The SMILES string of the molecule is CC(CC(=O)OCCNCCOC(=O)CCC(=O)O)C(=O)O. The van der Waals surface area contributed by atoms with E-state index in [4.69, 9.17) is 19.7 Å². The van der Waals surface area contributed by atoms with E-state index in [1.54, 1.807) is 0 Å². The maximum Gasteiger partial charge on any atom is 0.306 e. The third-order valence-electron chi connectivity index (χ3n) is 2.52. The molecule has 9 nitrogen and oxygen atoms in total. The Bertz CT molecular complexity index is 396. The van der Waals surface area contributed by atoms with Gasteiger partial charge in [-0.3, -0.25) is 19.2 Å². The van der Waals surface area contributed by atoms with Crippen molar-refractivity contribution in [2.45, 2.75) is 26.2 Å². The van der Waals surface area contributed by atoms with Crippen LogP contribution in [-0.2, 0) is 28.7 Å². The molecule has 0 aromatic rings. The average molecular weight is 319 g/mol. The number of carboxylic acids is 2. The molecule has 126 valence electrons. The van der Waals surface area contributed by atoms with Gasteiger partial charge in [0.1, 0.15) is 13.2 Å². The highest BCUT2D eigenvalue weighted by Crippen LogP contribution is 2.02. The summed E-state index contributed by atoms with van der Waals surface area (Å²) in [5.74, 6) is -4.07. The Labute approximate surface area is 127 Å². The fourth-order valence-electron chi connectivity index (χ4n) is 1.28. The lowest BCUT2D eigenvalue weighted by Gasteiger charge is -2.08. The number of rotatable bonds is 12. The normalized spacial score (nSPS) is 11.5. The number of carbonyl (C=O) groups excluding carboxylic acids is 2. The quantitative estimate of drug-likeness (QED) is 0.325. The standard InChI is InChI=1S/C13H21NO8/c1-9(13(19)20)8-12(18)22-7-5-14-4-6-21-11(17)3-2-10(15)16/h9,14H,2-8H2,1H3,(H,15,16)(H,19,20). The molecule has 3 N–H and O–H groups in total. The third-order valence-corrected chi connectivity index (χ3v) is 2.52. The largest absolute Gasteiger partial charge is 0.481 e. The Hall–Kier alpha value is -2.16. The van der Waals surface area contributed by atoms with Crippen molar-refractivity contribution in [3.05, 3.63) is 0 Å². The molecule has 0 saturated heterocycles. The number of nitrogens with one attached hydrogen (secondary N) is 1. The summed E-state index contributed by atoms with van der Waals surface area (Å²) in [7, 11) is 0. The van der Waals surface area contributed by atoms with E-state index in [1.807, 2.05) is 0 Å². The Morgan fingerprint density at radius 2 is 1.50 bits per heavy atom. The van der Waals surface area contributed by atoms with Crippen molar-refractivity contribution >= 4 is 23.9 Å². The molecule has 22 heavy (non-hydrogen) atoms. The highest BCUT2D eigenvalue weighted by Gasteiger charge is 2.16. The molecule has 0 aliphatic heterocycles. The average Bonchev–Trinajstić information content (AvgIpc) is 2.43. The van der Waals surface area contributed by atoms with Crippen LogP contribution in [0.5, 0.6) is 0 Å². The summed E-state index contributed by atoms with van der Waals surface area (Å²) in [5.41, 5.74) is 0. The molecule has 0 bridgehead atoms. The maximum atomic E-state index is 11.2. The number of esters is 2. The monoisotopic (exact) mass is 319 g/mol. The zero-order valence-electron chi connectivity index (χ0n) is 12.4. The first-order chi connectivity index (χ1) is 10.3. The molecule has 0 radical (unpaired) electrons. The van der Waals surface area contributed by atoms with Gasteiger partial charge in [-0.1, -0.05) is 6.92 Å². The summed E-state index contributed by atoms with van der Waals surface area (Å²) in [6.45, 7) is 2.25. The van der Waals surface area contributed by atoms with Crippen LogP contribution in [0.25, 0.3) is 0 Å². The molecular formula is C13H21NO8. The van der Waals surface area contributed by atoms with Gasteiger partial charge in [-0.25, -0.2) is 0 Å². The van der Waals surface area contributed by atoms with Crippen LogP contribution in [0.15, 0.2) is 0 Å². The van der Waals surface area contributed by atoms with Crippen LogP contribution in [0.3, 0.4) is 0 Å². The van der Waals surface area contributed by atoms with Crippen molar-refractivity contribution < 1.29 is 38.9 Å². The Kier molecular flexibility index (Phi) is 10.4. The zero-order valence-corrected chi connectivity index (χ0v) is 12.4. The smallest absolute Gasteiger partial charge is 0.306 e. The highest BCUT2D eigenvalue weighted by atomic mass is 16.5. The predicted molar refractivity (Wildman–Crippen MR) is 73.1 cm³/mol. The van der Waals surface area contributed by atoms with Gasteiger partial charge in [0.05, 0.1) is 25.2 Å². The van der Waals surface area contributed by atoms with Crippen molar-refractivity contribution in [1.82, 2.24) is 5.32 Å². The molecule has 1 unspecified atom stereocenters. The molecule has 0 saturated carbocycles. The van der Waals surface area contributed by atoms with Gasteiger partial charge in [-0.15, -0.1) is 0 Å². The second-order valence-electron chi connectivity index (χ2n) is 4.53. The van der Waals surface area contributed by atoms with Crippen molar-refractivity contribution in [3.8, 4) is 0 Å². The van der Waals surface area contributed by atoms with Crippen molar-refractivity contribution in [2.24, 2.45) is 5.92 Å². The molecule has 0 spiro atoms. The number of ether oxygens (including phenoxy) is 2. The summed E-state index contributed by atoms with van der Waals surface area (Å²) >= 11 is 0. The van der Waals surface area contributed by atoms with Gasteiger partial charge in [-0.05, 0) is 0 Å². The number of hydrogen-bond acceptors (Lipinski definition) is 7. The van der Waals surface area contributed by atoms with Crippen LogP contribution in [0, 0.1) is 5.92 Å². The van der Waals surface area contributed by atoms with Crippen molar-refractivity contribution in [1.29, 1.82) is 0 Å². The zero-order chi connectivity index (χ0) is 17.0. The van der Waals surface area contributed by atoms with Gasteiger partial charge in [-0.2, -0.15) is 0 Å². The second kappa shape index (κ2) is 11.5. The number of carboxylic acid groups (broad SMARTS) is 2. The molecule has 0 fully saturated rings. The van der Waals surface area contributed by atoms with Crippen LogP contribution >= 0.6 is 0 Å². The number of aliphatic carboxylic acids is 2. The van der Waals surface area contributed by atoms with Gasteiger partial charge in [0.2, 0.25) is 0 Å². The molecule has 0 aliphatic rings. The van der Waals surface area contributed by atoms with Crippen molar-refractivity contribution in [2.75, 3.05) is 26.3 Å². The molecule has 0 aromatic carbocycles. The Morgan fingerprint density at radius 3 is 2.00 bits per heavy atom. The third kappa shape index (κ3) is 11.6. The molecular weight excluding hydrogens is 298 g/mol. The molecule has 0 aromatic heterocycles. The maximum absolute atomic E-state index is 11.2. The first kappa shape index (κ1) is 19.8. The fraction of sp³-hybridized carbons (Fsp3) is 0.692. The molecule has 0 heterocycles. The van der Waals surface area contributed by atoms with Gasteiger partial charge < -0.3 is 25.0 Å². The van der Waals surface area contributed by atoms with Crippen LogP contribution in [0.4, 0.5) is 0 Å². The van der Waals surface area contributed by atoms with E-state index < -0.39 is 29.8 Å². The van der Waals surface area contributed by atoms with Crippen molar-refractivity contribution in [3.63, 3.8) is 0 Å². The van der Waals surface area contributed by atoms with E-state index >= 15 is 0 Å². The van der Waals surface area contributed by atoms with Gasteiger partial charge in [0, 0.05) is 13.1 Å². The first-order valence-corrected chi connectivity index (χ1v) is 6.79. The Morgan fingerprint density at radius 1 is 0.955 bits per heavy atom. The minimum Gasteiger partial charge on any atom is -0.481 e. The summed E-state index contributed by atoms with van der Waals surface area (Å²) < 4.78 is 9.58. The van der Waals surface area contributed by atoms with E-state index in [0.717, 1.165) is 0 Å². The lowest BCUT2D eigenvalue weighted by Crippen LogP contribution is -2.26. The van der Waals surface area contributed by atoms with Gasteiger partial charge >= 0.3 is 23.9 Å². The first-order valence-electron chi connectivity index (χ1n) is 6.79. The molecule has 1 atom stereocenters. The van der Waals surface area contributed by atoms with Crippen LogP contribution < -0.4 is 5.32 Å². The summed E-state index contributed by atoms with van der Waals surface area (Å²) in [6, 6.07) is 0. The van der Waals surface area contributed by atoms with E-state index in [1.165, 1.54) is 6.92 Å². The van der Waals surface area contributed by atoms with Gasteiger partial charge in [0.15, 0.2) is 0 Å². The summed E-state index contributed by atoms with van der Waals surface area (Å²) in [5, 5.41) is 19.8. The second-order valence-corrected chi connectivity index (χ2v) is 4.53. The fourth-order valence-corrected chi connectivity index (χ4v) is 1.28. The lowest BCUT2D eigenvalue weighted by molar-refractivity contribution is -0.151. The number of carbonyl (C=O) groups is 4. The van der Waals surface area contributed by atoms with Gasteiger partial charge in [0.25, 0.3) is 0 Å². The summed E-state index contributed by atoms with van der Waals surface area (Å²) in [4.78, 5) is 43.0. The van der Waals surface area contributed by atoms with Crippen LogP contribution in [-0.4, -0.2) is 60.4 Å². The highest BCUT2D eigenvalue weighted by molar-refractivity contribution is 5.78. The molecule has 0 amide bonds. The summed E-state index contributed by atoms with van der Waals surface area (Å²) in [6.07, 6.45) is -0.623. The Balaban J connectivity index is 3.47. The molecule has 0 aliphatic carbocycles. The van der Waals surface area contributed by atoms with E-state index in [2.05, 4.69) is 5.32 Å². The minimum atomic E-state index is -1.06. The lowest BCUT2D eigenvalue weighted by atomic mass is 10.1.